The summed E-state index contributed by atoms with van der Waals surface area (Å²) >= 11 is 3.14. The number of esters is 1. The average Bonchev–Trinajstić information content (AvgIpc) is 2.72. The van der Waals surface area contributed by atoms with Crippen molar-refractivity contribution in [1.29, 1.82) is 0 Å². The molecule has 0 spiro atoms. The number of hydrogen-bond acceptors (Lipinski definition) is 5. The molecule has 7 nitrogen and oxygen atoms in total. The van der Waals surface area contributed by atoms with Crippen molar-refractivity contribution in [2.75, 3.05) is 0 Å². The summed E-state index contributed by atoms with van der Waals surface area (Å²) in [5.74, 6) is -0.0704. The molecule has 0 bridgehead atoms. The van der Waals surface area contributed by atoms with E-state index in [1.165, 1.54) is 6.07 Å². The van der Waals surface area contributed by atoms with Crippen molar-refractivity contribution in [3.63, 3.8) is 0 Å². The number of hydrogen-bond donors (Lipinski definition) is 0. The van der Waals surface area contributed by atoms with Crippen LogP contribution in [0, 0.1) is 0 Å². The number of fused-ring (bicyclic) bond motifs is 1. The van der Waals surface area contributed by atoms with E-state index < -0.39 is 5.60 Å². The predicted octanol–water partition coefficient (Wildman–Crippen LogP) is 1.56. The first-order valence-corrected chi connectivity index (χ1v) is 7.37. The zero-order chi connectivity index (χ0) is 15.8. The van der Waals surface area contributed by atoms with Crippen molar-refractivity contribution in [3.8, 4) is 0 Å². The molecule has 2 rings (SSSR count). The van der Waals surface area contributed by atoms with Crippen LogP contribution in [0.4, 0.5) is 0 Å². The lowest BCUT2D eigenvalue weighted by Gasteiger charge is -2.20. The topological polar surface area (TPSA) is 78.5 Å². The highest BCUT2D eigenvalue weighted by Crippen LogP contribution is 2.12. The summed E-state index contributed by atoms with van der Waals surface area (Å²) in [6.45, 7) is 7.30. The zero-order valence-electron chi connectivity index (χ0n) is 12.4. The van der Waals surface area contributed by atoms with Crippen LogP contribution in [0.5, 0.6) is 0 Å². The Morgan fingerprint density at radius 1 is 1.43 bits per heavy atom. The fourth-order valence-electron chi connectivity index (χ4n) is 1.98. The molecule has 0 unspecified atom stereocenters. The molecule has 2 aromatic heterocycles. The maximum Gasteiger partial charge on any atom is 0.326 e. The van der Waals surface area contributed by atoms with Gasteiger partial charge in [0.1, 0.15) is 12.1 Å². The third-order valence-corrected chi connectivity index (χ3v) is 3.06. The smallest absolute Gasteiger partial charge is 0.326 e. The molecule has 0 saturated heterocycles. The molecule has 2 aromatic rings. The number of aryl methyl sites for hydroxylation is 1. The van der Waals surface area contributed by atoms with Crippen molar-refractivity contribution < 1.29 is 9.53 Å². The molecule has 0 fully saturated rings. The molecule has 0 N–H and O–H groups in total. The van der Waals surface area contributed by atoms with Crippen LogP contribution >= 0.6 is 15.9 Å². The van der Waals surface area contributed by atoms with E-state index in [1.807, 2.05) is 6.92 Å². The van der Waals surface area contributed by atoms with Crippen molar-refractivity contribution in [2.45, 2.75) is 46.3 Å². The number of rotatable bonds is 3. The van der Waals surface area contributed by atoms with E-state index in [2.05, 4.69) is 26.0 Å². The first-order chi connectivity index (χ1) is 9.71. The molecular formula is C13H17BrN4O3. The molecule has 0 saturated carbocycles. The Bertz CT molecular complexity index is 742. The van der Waals surface area contributed by atoms with Gasteiger partial charge in [-0.25, -0.2) is 0 Å². The second-order valence-electron chi connectivity index (χ2n) is 5.59. The summed E-state index contributed by atoms with van der Waals surface area (Å²) in [4.78, 5) is 28.1. The lowest BCUT2D eigenvalue weighted by molar-refractivity contribution is -0.155. The molecule has 0 aliphatic heterocycles. The van der Waals surface area contributed by atoms with Gasteiger partial charge in [0.05, 0.1) is 0 Å². The largest absolute Gasteiger partial charge is 0.459 e. The Kier molecular flexibility index (Phi) is 4.18. The first-order valence-electron chi connectivity index (χ1n) is 6.58. The van der Waals surface area contributed by atoms with E-state index in [-0.39, 0.29) is 18.1 Å². The Labute approximate surface area is 130 Å². The summed E-state index contributed by atoms with van der Waals surface area (Å²) in [7, 11) is 0. The molecule has 21 heavy (non-hydrogen) atoms. The number of carbonyl (C=O) groups excluding carboxylic acids is 1. The first kappa shape index (κ1) is 15.7. The Hall–Kier alpha value is -1.70. The van der Waals surface area contributed by atoms with Crippen LogP contribution in [0.1, 0.15) is 33.4 Å². The van der Waals surface area contributed by atoms with Crippen molar-refractivity contribution >= 4 is 27.7 Å². The van der Waals surface area contributed by atoms with Crippen LogP contribution in [-0.4, -0.2) is 30.7 Å². The molecule has 0 aliphatic rings. The highest BCUT2D eigenvalue weighted by atomic mass is 79.9. The van der Waals surface area contributed by atoms with Crippen molar-refractivity contribution in [1.82, 2.24) is 19.2 Å². The summed E-state index contributed by atoms with van der Waals surface area (Å²) < 4.78 is 8.42. The van der Waals surface area contributed by atoms with Gasteiger partial charge in [0, 0.05) is 11.8 Å². The van der Waals surface area contributed by atoms with Gasteiger partial charge in [-0.3, -0.25) is 9.59 Å². The summed E-state index contributed by atoms with van der Waals surface area (Å²) in [5, 5.41) is 3.97. The van der Waals surface area contributed by atoms with E-state index >= 15 is 0 Å². The molecule has 0 atom stereocenters. The lowest BCUT2D eigenvalue weighted by Crippen LogP contribution is -2.29. The predicted molar refractivity (Wildman–Crippen MR) is 80.2 cm³/mol. The minimum Gasteiger partial charge on any atom is -0.459 e. The van der Waals surface area contributed by atoms with Gasteiger partial charge < -0.3 is 9.30 Å². The van der Waals surface area contributed by atoms with Crippen LogP contribution < -0.4 is 5.56 Å². The second-order valence-corrected chi connectivity index (χ2v) is 6.30. The van der Waals surface area contributed by atoms with Crippen LogP contribution in [0.2, 0.25) is 0 Å². The summed E-state index contributed by atoms with van der Waals surface area (Å²) in [5.41, 5.74) is -0.133. The molecular weight excluding hydrogens is 340 g/mol. The van der Waals surface area contributed by atoms with Crippen LogP contribution in [-0.2, 0) is 22.5 Å². The fraction of sp³-hybridized carbons (Fsp3) is 0.538. The minimum atomic E-state index is -0.562. The molecule has 0 aliphatic carbocycles. The standard InChI is InChI=1S/C13H17BrN4O3/c1-5-8-6-9(19)18-12(15-11(14)16-18)17(8)7-10(20)21-13(2,3)4/h6H,5,7H2,1-4H3. The quantitative estimate of drug-likeness (QED) is 0.779. The van der Waals surface area contributed by atoms with Crippen LogP contribution in [0.3, 0.4) is 0 Å². The SMILES string of the molecule is CCc1cc(=O)n2nc(Br)nc2n1CC(=O)OC(C)(C)C. The average molecular weight is 357 g/mol. The Balaban J connectivity index is 2.49. The zero-order valence-corrected chi connectivity index (χ0v) is 14.0. The van der Waals surface area contributed by atoms with Crippen molar-refractivity contribution in [2.24, 2.45) is 0 Å². The number of aromatic nitrogens is 4. The number of ether oxygens (including phenoxy) is 1. The molecule has 114 valence electrons. The number of nitrogens with zero attached hydrogens (tertiary/aromatic N) is 4. The van der Waals surface area contributed by atoms with E-state index in [9.17, 15) is 9.59 Å². The normalized spacial score (nSPS) is 11.9. The molecule has 2 heterocycles. The third kappa shape index (κ3) is 3.49. The van der Waals surface area contributed by atoms with Gasteiger partial charge in [0.25, 0.3) is 5.56 Å². The van der Waals surface area contributed by atoms with Crippen molar-refractivity contribution in [3.05, 3.63) is 26.8 Å². The van der Waals surface area contributed by atoms with E-state index in [0.29, 0.717) is 22.6 Å². The maximum atomic E-state index is 12.0. The molecule has 0 amide bonds. The van der Waals surface area contributed by atoms with Gasteiger partial charge in [-0.15, -0.1) is 5.10 Å². The maximum absolute atomic E-state index is 12.0. The van der Waals surface area contributed by atoms with E-state index in [0.717, 1.165) is 4.52 Å². The Morgan fingerprint density at radius 3 is 2.67 bits per heavy atom. The van der Waals surface area contributed by atoms with Gasteiger partial charge in [-0.1, -0.05) is 6.92 Å². The summed E-state index contributed by atoms with van der Waals surface area (Å²) in [6, 6.07) is 1.46. The van der Waals surface area contributed by atoms with Gasteiger partial charge in [0.15, 0.2) is 0 Å². The fourth-order valence-corrected chi connectivity index (χ4v) is 2.30. The highest BCUT2D eigenvalue weighted by Gasteiger charge is 2.19. The van der Waals surface area contributed by atoms with Crippen LogP contribution in [0.25, 0.3) is 5.78 Å². The Morgan fingerprint density at radius 2 is 2.10 bits per heavy atom. The minimum absolute atomic E-state index is 0.0185. The van der Waals surface area contributed by atoms with Gasteiger partial charge >= 0.3 is 5.97 Å². The number of carbonyl (C=O) groups is 1. The molecule has 0 aromatic carbocycles. The van der Waals surface area contributed by atoms with Crippen LogP contribution in [0.15, 0.2) is 15.6 Å². The lowest BCUT2D eigenvalue weighted by atomic mass is 10.2. The van der Waals surface area contributed by atoms with Gasteiger partial charge in [-0.2, -0.15) is 9.50 Å². The highest BCUT2D eigenvalue weighted by molar-refractivity contribution is 9.10. The number of halogens is 1. The summed E-state index contributed by atoms with van der Waals surface area (Å²) in [6.07, 6.45) is 0.596. The van der Waals surface area contributed by atoms with Gasteiger partial charge in [0.2, 0.25) is 10.5 Å². The third-order valence-electron chi connectivity index (χ3n) is 2.72. The molecule has 8 heteroatoms. The van der Waals surface area contributed by atoms with Gasteiger partial charge in [-0.05, 0) is 43.1 Å². The second kappa shape index (κ2) is 5.59. The van der Waals surface area contributed by atoms with E-state index in [4.69, 9.17) is 4.74 Å². The van der Waals surface area contributed by atoms with E-state index in [1.54, 1.807) is 25.3 Å². The molecule has 0 radical (unpaired) electrons. The monoisotopic (exact) mass is 356 g/mol.